The topological polar surface area (TPSA) is 35.9 Å². The van der Waals surface area contributed by atoms with E-state index in [1.807, 2.05) is 6.20 Å². The van der Waals surface area contributed by atoms with Crippen LogP contribution in [0, 0.1) is 11.3 Å². The summed E-state index contributed by atoms with van der Waals surface area (Å²) in [5, 5.41) is 10.00. The van der Waals surface area contributed by atoms with Crippen LogP contribution in [0.5, 0.6) is 0 Å². The number of allylic oxidation sites excluding steroid dienone is 1. The molecule has 0 aliphatic rings. The predicted molar refractivity (Wildman–Crippen MR) is 50.0 cm³/mol. The van der Waals surface area contributed by atoms with E-state index in [0.717, 1.165) is 6.42 Å². The van der Waals surface area contributed by atoms with E-state index in [1.54, 1.807) is 6.08 Å². The van der Waals surface area contributed by atoms with Crippen LogP contribution in [0.15, 0.2) is 12.3 Å². The molecule has 0 saturated carbocycles. The fourth-order valence-electron chi connectivity index (χ4n) is 1.01. The lowest BCUT2D eigenvalue weighted by atomic mass is 10.0. The van der Waals surface area contributed by atoms with E-state index in [-0.39, 0.29) is 0 Å². The number of rotatable bonds is 5. The Balaban J connectivity index is 3.68. The molecule has 0 aliphatic carbocycles. The standard InChI is InChI=1S/C9H18N2/c1-4-9(8(2)3)11-7-5-6-10/h5-11H,4H2,1-3H3/b7-5-,10-6?. The van der Waals surface area contributed by atoms with Gasteiger partial charge >= 0.3 is 0 Å². The Morgan fingerprint density at radius 1 is 1.45 bits per heavy atom. The molecule has 0 spiro atoms. The van der Waals surface area contributed by atoms with Crippen molar-refractivity contribution in [2.45, 2.75) is 33.2 Å². The Bertz CT molecular complexity index is 128. The van der Waals surface area contributed by atoms with Gasteiger partial charge in [0.05, 0.1) is 0 Å². The van der Waals surface area contributed by atoms with Gasteiger partial charge in [-0.05, 0) is 24.6 Å². The third-order valence-electron chi connectivity index (χ3n) is 1.75. The normalized spacial score (nSPS) is 13.8. The smallest absolute Gasteiger partial charge is 0.0276 e. The number of hydrogen-bond acceptors (Lipinski definition) is 2. The van der Waals surface area contributed by atoms with Crippen LogP contribution in [0.4, 0.5) is 0 Å². The average molecular weight is 154 g/mol. The lowest BCUT2D eigenvalue weighted by Gasteiger charge is -2.18. The second-order valence-electron chi connectivity index (χ2n) is 2.95. The molecule has 2 nitrogen and oxygen atoms in total. The van der Waals surface area contributed by atoms with Crippen molar-refractivity contribution >= 4 is 6.21 Å². The van der Waals surface area contributed by atoms with Crippen LogP contribution in [0.2, 0.25) is 0 Å². The summed E-state index contributed by atoms with van der Waals surface area (Å²) in [4.78, 5) is 0. The van der Waals surface area contributed by atoms with Crippen molar-refractivity contribution in [1.82, 2.24) is 5.32 Å². The van der Waals surface area contributed by atoms with Crippen LogP contribution in [0.3, 0.4) is 0 Å². The van der Waals surface area contributed by atoms with Crippen LogP contribution in [-0.4, -0.2) is 12.3 Å². The second-order valence-corrected chi connectivity index (χ2v) is 2.95. The summed E-state index contributed by atoms with van der Waals surface area (Å²) in [5.74, 6) is 0.649. The first-order valence-corrected chi connectivity index (χ1v) is 4.14. The van der Waals surface area contributed by atoms with Crippen molar-refractivity contribution in [3.05, 3.63) is 12.3 Å². The van der Waals surface area contributed by atoms with Crippen LogP contribution in [0.1, 0.15) is 27.2 Å². The van der Waals surface area contributed by atoms with Crippen molar-refractivity contribution in [2.24, 2.45) is 5.92 Å². The molecule has 0 aromatic carbocycles. The molecule has 0 aromatic heterocycles. The Morgan fingerprint density at radius 3 is 2.45 bits per heavy atom. The summed E-state index contributed by atoms with van der Waals surface area (Å²) in [6.45, 7) is 6.55. The third kappa shape index (κ3) is 4.59. The Morgan fingerprint density at radius 2 is 2.09 bits per heavy atom. The van der Waals surface area contributed by atoms with Crippen molar-refractivity contribution < 1.29 is 0 Å². The fourth-order valence-corrected chi connectivity index (χ4v) is 1.01. The van der Waals surface area contributed by atoms with E-state index in [2.05, 4.69) is 26.1 Å². The fraction of sp³-hybridized carbons (Fsp3) is 0.667. The molecule has 0 aliphatic heterocycles. The zero-order valence-corrected chi connectivity index (χ0v) is 7.59. The maximum Gasteiger partial charge on any atom is 0.0276 e. The molecule has 1 atom stereocenters. The van der Waals surface area contributed by atoms with E-state index in [9.17, 15) is 0 Å². The molecule has 0 rings (SSSR count). The molecule has 0 fully saturated rings. The van der Waals surface area contributed by atoms with E-state index in [4.69, 9.17) is 5.41 Å². The highest BCUT2D eigenvalue weighted by atomic mass is 14.9. The molecule has 0 radical (unpaired) electrons. The van der Waals surface area contributed by atoms with Gasteiger partial charge in [-0.3, -0.25) is 0 Å². The van der Waals surface area contributed by atoms with Crippen molar-refractivity contribution in [3.8, 4) is 0 Å². The van der Waals surface area contributed by atoms with Crippen molar-refractivity contribution in [3.63, 3.8) is 0 Å². The van der Waals surface area contributed by atoms with Gasteiger partial charge in [0, 0.05) is 12.3 Å². The summed E-state index contributed by atoms with van der Waals surface area (Å²) >= 11 is 0. The van der Waals surface area contributed by atoms with Gasteiger partial charge in [0.25, 0.3) is 0 Å². The number of hydrogen-bond donors (Lipinski definition) is 2. The van der Waals surface area contributed by atoms with Gasteiger partial charge in [-0.25, -0.2) is 0 Å². The minimum atomic E-state index is 0.534. The first kappa shape index (κ1) is 10.2. The summed E-state index contributed by atoms with van der Waals surface area (Å²) in [5.41, 5.74) is 0. The Kier molecular flexibility index (Phi) is 5.53. The Hall–Kier alpha value is -0.790. The molecular formula is C9H18N2. The molecular weight excluding hydrogens is 136 g/mol. The minimum absolute atomic E-state index is 0.534. The van der Waals surface area contributed by atoms with E-state index in [0.29, 0.717) is 12.0 Å². The molecule has 64 valence electrons. The van der Waals surface area contributed by atoms with Gasteiger partial charge in [0.1, 0.15) is 0 Å². The van der Waals surface area contributed by atoms with Crippen molar-refractivity contribution in [1.29, 1.82) is 5.41 Å². The zero-order chi connectivity index (χ0) is 8.69. The molecule has 2 heteroatoms. The van der Waals surface area contributed by atoms with Crippen LogP contribution in [0.25, 0.3) is 0 Å². The van der Waals surface area contributed by atoms with Crippen LogP contribution >= 0.6 is 0 Å². The minimum Gasteiger partial charge on any atom is -0.388 e. The van der Waals surface area contributed by atoms with Gasteiger partial charge in [0.15, 0.2) is 0 Å². The summed E-state index contributed by atoms with van der Waals surface area (Å²) in [6, 6.07) is 0.534. The van der Waals surface area contributed by atoms with E-state index < -0.39 is 0 Å². The van der Waals surface area contributed by atoms with Crippen LogP contribution in [-0.2, 0) is 0 Å². The SMILES string of the molecule is CCC(N/C=C\C=N)C(C)C. The van der Waals surface area contributed by atoms with Gasteiger partial charge in [-0.15, -0.1) is 0 Å². The molecule has 2 N–H and O–H groups in total. The Labute approximate surface area is 69.2 Å². The van der Waals surface area contributed by atoms with Crippen molar-refractivity contribution in [2.75, 3.05) is 0 Å². The molecule has 0 saturated heterocycles. The molecule has 11 heavy (non-hydrogen) atoms. The maximum absolute atomic E-state index is 6.76. The monoisotopic (exact) mass is 154 g/mol. The average Bonchev–Trinajstić information content (AvgIpc) is 1.97. The molecule has 1 unspecified atom stereocenters. The predicted octanol–water partition coefficient (Wildman–Crippen LogP) is 2.17. The molecule has 0 amide bonds. The molecule has 0 bridgehead atoms. The highest BCUT2D eigenvalue weighted by Gasteiger charge is 2.06. The van der Waals surface area contributed by atoms with Gasteiger partial charge in [-0.1, -0.05) is 20.8 Å². The summed E-state index contributed by atoms with van der Waals surface area (Å²) in [6.07, 6.45) is 5.94. The van der Waals surface area contributed by atoms with Gasteiger partial charge in [0.2, 0.25) is 0 Å². The third-order valence-corrected chi connectivity index (χ3v) is 1.75. The van der Waals surface area contributed by atoms with E-state index >= 15 is 0 Å². The quantitative estimate of drug-likeness (QED) is 0.585. The molecule has 0 aromatic rings. The number of nitrogens with one attached hydrogen (secondary N) is 2. The first-order valence-electron chi connectivity index (χ1n) is 4.14. The summed E-state index contributed by atoms with van der Waals surface area (Å²) in [7, 11) is 0. The highest BCUT2D eigenvalue weighted by Crippen LogP contribution is 2.04. The van der Waals surface area contributed by atoms with Gasteiger partial charge in [-0.2, -0.15) is 0 Å². The zero-order valence-electron chi connectivity index (χ0n) is 7.59. The largest absolute Gasteiger partial charge is 0.388 e. The lowest BCUT2D eigenvalue weighted by molar-refractivity contribution is 0.429. The van der Waals surface area contributed by atoms with Crippen LogP contribution < -0.4 is 5.32 Å². The lowest BCUT2D eigenvalue weighted by Crippen LogP contribution is -2.28. The molecule has 0 heterocycles. The maximum atomic E-state index is 6.76. The highest BCUT2D eigenvalue weighted by molar-refractivity contribution is 5.67. The second kappa shape index (κ2) is 5.96. The van der Waals surface area contributed by atoms with Gasteiger partial charge < -0.3 is 10.7 Å². The summed E-state index contributed by atoms with van der Waals surface area (Å²) < 4.78 is 0. The first-order chi connectivity index (χ1) is 5.22. The van der Waals surface area contributed by atoms with E-state index in [1.165, 1.54) is 6.21 Å².